The molecule has 0 saturated heterocycles. The van der Waals surface area contributed by atoms with E-state index in [9.17, 15) is 4.39 Å². The first kappa shape index (κ1) is 12.8. The Hall–Kier alpha value is -2.21. The Kier molecular flexibility index (Phi) is 3.23. The third-order valence-electron chi connectivity index (χ3n) is 2.89. The van der Waals surface area contributed by atoms with Crippen molar-refractivity contribution in [2.75, 3.05) is 5.73 Å². The van der Waals surface area contributed by atoms with Gasteiger partial charge in [0, 0.05) is 4.47 Å². The number of pyridine rings is 1. The number of halogens is 2. The van der Waals surface area contributed by atoms with Crippen molar-refractivity contribution in [3.8, 4) is 22.5 Å². The minimum atomic E-state index is -0.384. The average molecular weight is 333 g/mol. The molecule has 0 atom stereocenters. The standard InChI is InChI=1S/C14H10BrFN4/c15-9-3-1-2-8(6-9)12-13(19-20-14(12)17)11-5-4-10(16)7-18-11/h1-7H,(H3,17,19,20). The number of rotatable bonds is 2. The third kappa shape index (κ3) is 2.30. The van der Waals surface area contributed by atoms with Crippen molar-refractivity contribution in [1.29, 1.82) is 0 Å². The summed E-state index contributed by atoms with van der Waals surface area (Å²) in [5, 5.41) is 6.88. The molecular formula is C14H10BrFN4. The summed E-state index contributed by atoms with van der Waals surface area (Å²) in [4.78, 5) is 4.06. The summed E-state index contributed by atoms with van der Waals surface area (Å²) in [6.45, 7) is 0. The summed E-state index contributed by atoms with van der Waals surface area (Å²) in [6.07, 6.45) is 1.16. The number of nitrogen functional groups attached to an aromatic ring is 1. The van der Waals surface area contributed by atoms with E-state index < -0.39 is 0 Å². The molecule has 4 nitrogen and oxygen atoms in total. The Labute approximate surface area is 123 Å². The maximum atomic E-state index is 13.0. The zero-order valence-corrected chi connectivity index (χ0v) is 11.9. The summed E-state index contributed by atoms with van der Waals surface area (Å²) in [5.74, 6) is -0.00512. The fourth-order valence-corrected chi connectivity index (χ4v) is 2.40. The van der Waals surface area contributed by atoms with Crippen LogP contribution < -0.4 is 5.73 Å². The molecule has 3 N–H and O–H groups in total. The largest absolute Gasteiger partial charge is 0.382 e. The maximum Gasteiger partial charge on any atom is 0.153 e. The van der Waals surface area contributed by atoms with Crippen molar-refractivity contribution >= 4 is 21.7 Å². The fourth-order valence-electron chi connectivity index (χ4n) is 2.00. The quantitative estimate of drug-likeness (QED) is 0.753. The van der Waals surface area contributed by atoms with Crippen LogP contribution in [-0.4, -0.2) is 15.2 Å². The first-order valence-corrected chi connectivity index (χ1v) is 6.66. The van der Waals surface area contributed by atoms with Crippen molar-refractivity contribution < 1.29 is 4.39 Å². The number of H-pyrrole nitrogens is 1. The number of nitrogens with one attached hydrogen (secondary N) is 1. The second-order valence-corrected chi connectivity index (χ2v) is 5.15. The number of anilines is 1. The molecule has 20 heavy (non-hydrogen) atoms. The fraction of sp³-hybridized carbons (Fsp3) is 0. The molecule has 6 heteroatoms. The highest BCUT2D eigenvalue weighted by Gasteiger charge is 2.15. The minimum Gasteiger partial charge on any atom is -0.382 e. The molecule has 0 aliphatic rings. The molecule has 0 radical (unpaired) electrons. The van der Waals surface area contributed by atoms with Gasteiger partial charge in [0.25, 0.3) is 0 Å². The first-order chi connectivity index (χ1) is 9.65. The van der Waals surface area contributed by atoms with Gasteiger partial charge in [-0.25, -0.2) is 4.39 Å². The van der Waals surface area contributed by atoms with Gasteiger partial charge in [0.1, 0.15) is 5.82 Å². The Morgan fingerprint density at radius 2 is 2.05 bits per heavy atom. The minimum absolute atomic E-state index is 0.379. The summed E-state index contributed by atoms with van der Waals surface area (Å²) in [5.41, 5.74) is 8.85. The Morgan fingerprint density at radius 3 is 2.75 bits per heavy atom. The third-order valence-corrected chi connectivity index (χ3v) is 3.38. The van der Waals surface area contributed by atoms with Crippen LogP contribution in [0.5, 0.6) is 0 Å². The molecule has 100 valence electrons. The van der Waals surface area contributed by atoms with E-state index in [1.54, 1.807) is 6.07 Å². The van der Waals surface area contributed by atoms with E-state index >= 15 is 0 Å². The van der Waals surface area contributed by atoms with Gasteiger partial charge in [0.2, 0.25) is 0 Å². The zero-order chi connectivity index (χ0) is 14.1. The van der Waals surface area contributed by atoms with E-state index in [4.69, 9.17) is 5.73 Å². The molecule has 2 heterocycles. The van der Waals surface area contributed by atoms with E-state index in [1.807, 2.05) is 24.3 Å². The van der Waals surface area contributed by atoms with Crippen LogP contribution in [-0.2, 0) is 0 Å². The molecule has 3 rings (SSSR count). The number of aromatic amines is 1. The van der Waals surface area contributed by atoms with Crippen LogP contribution in [0, 0.1) is 5.82 Å². The predicted molar refractivity (Wildman–Crippen MR) is 79.3 cm³/mol. The van der Waals surface area contributed by atoms with Gasteiger partial charge in [-0.1, -0.05) is 28.1 Å². The van der Waals surface area contributed by atoms with Gasteiger partial charge in [0.15, 0.2) is 5.82 Å². The van der Waals surface area contributed by atoms with Crippen LogP contribution in [0.2, 0.25) is 0 Å². The Morgan fingerprint density at radius 1 is 1.20 bits per heavy atom. The number of hydrogen-bond donors (Lipinski definition) is 2. The Bertz CT molecular complexity index is 752. The molecular weight excluding hydrogens is 323 g/mol. The lowest BCUT2D eigenvalue weighted by Gasteiger charge is -2.04. The van der Waals surface area contributed by atoms with Gasteiger partial charge < -0.3 is 5.73 Å². The van der Waals surface area contributed by atoms with Crippen molar-refractivity contribution in [3.63, 3.8) is 0 Å². The SMILES string of the molecule is Nc1n[nH]c(-c2ccc(F)cn2)c1-c1cccc(Br)c1. The first-order valence-electron chi connectivity index (χ1n) is 5.87. The van der Waals surface area contributed by atoms with E-state index in [0.29, 0.717) is 17.2 Å². The molecule has 2 aromatic heterocycles. The van der Waals surface area contributed by atoms with E-state index in [2.05, 4.69) is 31.1 Å². The molecule has 0 saturated carbocycles. The second-order valence-electron chi connectivity index (χ2n) is 4.23. The normalized spacial score (nSPS) is 10.7. The van der Waals surface area contributed by atoms with Crippen LogP contribution in [0.25, 0.3) is 22.5 Å². The maximum absolute atomic E-state index is 13.0. The van der Waals surface area contributed by atoms with Gasteiger partial charge in [-0.15, -0.1) is 0 Å². The molecule has 0 amide bonds. The van der Waals surface area contributed by atoms with Crippen LogP contribution in [0.3, 0.4) is 0 Å². The van der Waals surface area contributed by atoms with Crippen molar-refractivity contribution in [3.05, 3.63) is 52.9 Å². The molecule has 0 bridgehead atoms. The summed E-state index contributed by atoms with van der Waals surface area (Å²) in [7, 11) is 0. The lowest BCUT2D eigenvalue weighted by Crippen LogP contribution is -1.90. The molecule has 0 aliphatic heterocycles. The van der Waals surface area contributed by atoms with Crippen molar-refractivity contribution in [1.82, 2.24) is 15.2 Å². The molecule has 0 aliphatic carbocycles. The van der Waals surface area contributed by atoms with Crippen LogP contribution in [0.4, 0.5) is 10.2 Å². The summed E-state index contributed by atoms with van der Waals surface area (Å²) >= 11 is 3.43. The molecule has 0 fully saturated rings. The number of hydrogen-bond acceptors (Lipinski definition) is 3. The molecule has 1 aromatic carbocycles. The number of aromatic nitrogens is 3. The Balaban J connectivity index is 2.17. The molecule has 0 unspecified atom stereocenters. The topological polar surface area (TPSA) is 67.6 Å². The summed E-state index contributed by atoms with van der Waals surface area (Å²) in [6, 6.07) is 10.6. The zero-order valence-electron chi connectivity index (χ0n) is 10.3. The van der Waals surface area contributed by atoms with Crippen LogP contribution in [0.15, 0.2) is 47.1 Å². The molecule has 0 spiro atoms. The van der Waals surface area contributed by atoms with Crippen LogP contribution >= 0.6 is 15.9 Å². The smallest absolute Gasteiger partial charge is 0.153 e. The molecule has 3 aromatic rings. The number of benzene rings is 1. The average Bonchev–Trinajstić information content (AvgIpc) is 2.81. The number of nitrogens with two attached hydrogens (primary N) is 1. The van der Waals surface area contributed by atoms with E-state index in [0.717, 1.165) is 21.8 Å². The lowest BCUT2D eigenvalue weighted by atomic mass is 10.0. The van der Waals surface area contributed by atoms with E-state index in [-0.39, 0.29) is 5.82 Å². The van der Waals surface area contributed by atoms with Gasteiger partial charge in [-0.05, 0) is 29.8 Å². The highest BCUT2D eigenvalue weighted by atomic mass is 79.9. The van der Waals surface area contributed by atoms with E-state index in [1.165, 1.54) is 6.07 Å². The monoisotopic (exact) mass is 332 g/mol. The van der Waals surface area contributed by atoms with Gasteiger partial charge in [-0.3, -0.25) is 10.1 Å². The lowest BCUT2D eigenvalue weighted by molar-refractivity contribution is 0.622. The van der Waals surface area contributed by atoms with Gasteiger partial charge in [0.05, 0.1) is 23.1 Å². The van der Waals surface area contributed by atoms with Gasteiger partial charge in [-0.2, -0.15) is 5.10 Å². The van der Waals surface area contributed by atoms with Gasteiger partial charge >= 0.3 is 0 Å². The van der Waals surface area contributed by atoms with Crippen molar-refractivity contribution in [2.45, 2.75) is 0 Å². The second kappa shape index (κ2) is 5.05. The predicted octanol–water partition coefficient (Wildman–Crippen LogP) is 3.62. The summed E-state index contributed by atoms with van der Waals surface area (Å²) < 4.78 is 13.9. The highest BCUT2D eigenvalue weighted by molar-refractivity contribution is 9.10. The van der Waals surface area contributed by atoms with Crippen LogP contribution in [0.1, 0.15) is 0 Å². The number of nitrogens with zero attached hydrogens (tertiary/aromatic N) is 2. The highest BCUT2D eigenvalue weighted by Crippen LogP contribution is 2.34. The van der Waals surface area contributed by atoms with Crippen molar-refractivity contribution in [2.24, 2.45) is 0 Å².